The van der Waals surface area contributed by atoms with Crippen LogP contribution in [0.3, 0.4) is 0 Å². The van der Waals surface area contributed by atoms with Gasteiger partial charge in [0, 0.05) is 23.9 Å². The minimum absolute atomic E-state index is 0.235. The van der Waals surface area contributed by atoms with Gasteiger partial charge in [0.2, 0.25) is 0 Å². The molecule has 15 heavy (non-hydrogen) atoms. The molecule has 0 saturated carbocycles. The quantitative estimate of drug-likeness (QED) is 0.753. The van der Waals surface area contributed by atoms with Crippen LogP contribution in [-0.2, 0) is 6.42 Å². The summed E-state index contributed by atoms with van der Waals surface area (Å²) in [5, 5.41) is 3.45. The van der Waals surface area contributed by atoms with Crippen LogP contribution >= 0.6 is 0 Å². The van der Waals surface area contributed by atoms with Gasteiger partial charge in [-0.05, 0) is 32.4 Å². The van der Waals surface area contributed by atoms with Gasteiger partial charge in [0.25, 0.3) is 0 Å². The van der Waals surface area contributed by atoms with Crippen molar-refractivity contribution in [3.63, 3.8) is 0 Å². The summed E-state index contributed by atoms with van der Waals surface area (Å²) in [7, 11) is 0. The second kappa shape index (κ2) is 4.57. The lowest BCUT2D eigenvalue weighted by molar-refractivity contribution is 0.396. The summed E-state index contributed by atoms with van der Waals surface area (Å²) in [5.74, 6) is 0. The molecule has 1 fully saturated rings. The Morgan fingerprint density at radius 2 is 2.40 bits per heavy atom. The first-order valence-corrected chi connectivity index (χ1v) is 5.54. The molecule has 0 aromatic carbocycles. The summed E-state index contributed by atoms with van der Waals surface area (Å²) in [5.41, 5.74) is 1.55. The van der Waals surface area contributed by atoms with Crippen molar-refractivity contribution in [2.24, 2.45) is 0 Å². The molecule has 0 aliphatic carbocycles. The molecule has 82 valence electrons. The SMILES string of the molecule is Cc1cc(CC2CCCCN2)nc(=O)[nH]1. The van der Waals surface area contributed by atoms with Crippen LogP contribution in [0.15, 0.2) is 10.9 Å². The van der Waals surface area contributed by atoms with Crippen molar-refractivity contribution in [1.29, 1.82) is 0 Å². The summed E-state index contributed by atoms with van der Waals surface area (Å²) < 4.78 is 0. The first-order valence-electron chi connectivity index (χ1n) is 5.54. The normalized spacial score (nSPS) is 21.5. The van der Waals surface area contributed by atoms with Crippen LogP contribution in [0.25, 0.3) is 0 Å². The molecule has 1 atom stereocenters. The smallest absolute Gasteiger partial charge is 0.314 e. The maximum Gasteiger partial charge on any atom is 0.345 e. The van der Waals surface area contributed by atoms with Crippen molar-refractivity contribution in [2.75, 3.05) is 6.54 Å². The van der Waals surface area contributed by atoms with Crippen molar-refractivity contribution in [2.45, 2.75) is 38.6 Å². The molecule has 1 aromatic heterocycles. The highest BCUT2D eigenvalue weighted by atomic mass is 16.1. The predicted molar refractivity (Wildman–Crippen MR) is 58.9 cm³/mol. The number of hydrogen-bond acceptors (Lipinski definition) is 3. The Bertz CT molecular complexity index is 380. The van der Waals surface area contributed by atoms with Crippen LogP contribution in [0.2, 0.25) is 0 Å². The standard InChI is InChI=1S/C11H17N3O/c1-8-6-10(14-11(15)13-8)7-9-4-2-3-5-12-9/h6,9,12H,2-5,7H2,1H3,(H,13,14,15). The number of nitrogens with one attached hydrogen (secondary N) is 2. The van der Waals surface area contributed by atoms with Crippen LogP contribution in [0.5, 0.6) is 0 Å². The number of aryl methyl sites for hydroxylation is 1. The molecule has 1 unspecified atom stereocenters. The van der Waals surface area contributed by atoms with Gasteiger partial charge in [-0.25, -0.2) is 4.79 Å². The zero-order chi connectivity index (χ0) is 10.7. The number of aromatic nitrogens is 2. The summed E-state index contributed by atoms with van der Waals surface area (Å²) in [6, 6.07) is 2.45. The zero-order valence-corrected chi connectivity index (χ0v) is 9.05. The third kappa shape index (κ3) is 2.89. The molecule has 1 aromatic rings. The monoisotopic (exact) mass is 207 g/mol. The molecule has 1 saturated heterocycles. The Morgan fingerprint density at radius 3 is 3.07 bits per heavy atom. The van der Waals surface area contributed by atoms with Crippen molar-refractivity contribution in [3.8, 4) is 0 Å². The topological polar surface area (TPSA) is 57.8 Å². The lowest BCUT2D eigenvalue weighted by Crippen LogP contribution is -2.36. The molecule has 1 aliphatic rings. The molecular formula is C11H17N3O. The van der Waals surface area contributed by atoms with E-state index < -0.39 is 0 Å². The van der Waals surface area contributed by atoms with E-state index in [-0.39, 0.29) is 5.69 Å². The van der Waals surface area contributed by atoms with Crippen LogP contribution in [-0.4, -0.2) is 22.6 Å². The van der Waals surface area contributed by atoms with Gasteiger partial charge >= 0.3 is 5.69 Å². The first kappa shape index (κ1) is 10.4. The van der Waals surface area contributed by atoms with E-state index >= 15 is 0 Å². The third-order valence-electron chi connectivity index (χ3n) is 2.80. The van der Waals surface area contributed by atoms with Gasteiger partial charge in [-0.3, -0.25) is 0 Å². The van der Waals surface area contributed by atoms with Gasteiger partial charge in [-0.2, -0.15) is 4.98 Å². The zero-order valence-electron chi connectivity index (χ0n) is 9.05. The van der Waals surface area contributed by atoms with Crippen LogP contribution in [0.4, 0.5) is 0 Å². The Kier molecular flexibility index (Phi) is 3.16. The van der Waals surface area contributed by atoms with E-state index in [2.05, 4.69) is 15.3 Å². The van der Waals surface area contributed by atoms with Crippen molar-refractivity contribution in [1.82, 2.24) is 15.3 Å². The van der Waals surface area contributed by atoms with Crippen LogP contribution < -0.4 is 11.0 Å². The highest BCUT2D eigenvalue weighted by Crippen LogP contribution is 2.10. The number of hydrogen-bond donors (Lipinski definition) is 2. The van der Waals surface area contributed by atoms with Gasteiger partial charge in [-0.15, -0.1) is 0 Å². The predicted octanol–water partition coefficient (Wildman–Crippen LogP) is 0.763. The molecule has 0 bridgehead atoms. The van der Waals surface area contributed by atoms with Crippen molar-refractivity contribution >= 4 is 0 Å². The molecule has 4 heteroatoms. The summed E-state index contributed by atoms with van der Waals surface area (Å²) >= 11 is 0. The van der Waals surface area contributed by atoms with Gasteiger partial charge in [0.05, 0.1) is 0 Å². The van der Waals surface area contributed by atoms with Crippen molar-refractivity contribution < 1.29 is 0 Å². The number of aromatic amines is 1. The molecular weight excluding hydrogens is 190 g/mol. The molecule has 0 radical (unpaired) electrons. The van der Waals surface area contributed by atoms with Gasteiger partial charge < -0.3 is 10.3 Å². The van der Waals surface area contributed by atoms with Gasteiger partial charge in [0.1, 0.15) is 0 Å². The minimum atomic E-state index is -0.235. The fourth-order valence-electron chi connectivity index (χ4n) is 2.10. The van der Waals surface area contributed by atoms with E-state index in [1.807, 2.05) is 13.0 Å². The lowest BCUT2D eigenvalue weighted by Gasteiger charge is -2.22. The minimum Gasteiger partial charge on any atom is -0.314 e. The van der Waals surface area contributed by atoms with E-state index in [1.165, 1.54) is 19.3 Å². The number of nitrogens with zero attached hydrogens (tertiary/aromatic N) is 1. The van der Waals surface area contributed by atoms with E-state index in [0.29, 0.717) is 6.04 Å². The summed E-state index contributed by atoms with van der Waals surface area (Å²) in [6.45, 7) is 2.98. The summed E-state index contributed by atoms with van der Waals surface area (Å²) in [4.78, 5) is 17.8. The summed E-state index contributed by atoms with van der Waals surface area (Å²) in [6.07, 6.45) is 4.59. The number of H-pyrrole nitrogens is 1. The number of piperidine rings is 1. The molecule has 0 spiro atoms. The van der Waals surface area contributed by atoms with Crippen molar-refractivity contribution in [3.05, 3.63) is 27.9 Å². The fraction of sp³-hybridized carbons (Fsp3) is 0.636. The lowest BCUT2D eigenvalue weighted by atomic mass is 10.0. The Labute approximate surface area is 89.1 Å². The Hall–Kier alpha value is -1.16. The second-order valence-electron chi connectivity index (χ2n) is 4.21. The van der Waals surface area contributed by atoms with Crippen LogP contribution in [0.1, 0.15) is 30.7 Å². The average molecular weight is 207 g/mol. The largest absolute Gasteiger partial charge is 0.345 e. The van der Waals surface area contributed by atoms with E-state index in [9.17, 15) is 4.79 Å². The number of rotatable bonds is 2. The van der Waals surface area contributed by atoms with Gasteiger partial charge in [0.15, 0.2) is 0 Å². The molecule has 1 aliphatic heterocycles. The maximum atomic E-state index is 11.2. The van der Waals surface area contributed by atoms with Crippen LogP contribution in [0, 0.1) is 6.92 Å². The first-order chi connectivity index (χ1) is 7.24. The van der Waals surface area contributed by atoms with Gasteiger partial charge in [-0.1, -0.05) is 6.42 Å². The van der Waals surface area contributed by atoms with E-state index in [0.717, 1.165) is 24.4 Å². The molecule has 2 rings (SSSR count). The highest BCUT2D eigenvalue weighted by Gasteiger charge is 2.13. The average Bonchev–Trinajstić information content (AvgIpc) is 2.17. The molecule has 2 N–H and O–H groups in total. The maximum absolute atomic E-state index is 11.2. The molecule has 4 nitrogen and oxygen atoms in total. The van der Waals surface area contributed by atoms with E-state index in [1.54, 1.807) is 0 Å². The highest BCUT2D eigenvalue weighted by molar-refractivity contribution is 5.08. The second-order valence-corrected chi connectivity index (χ2v) is 4.21. The molecule has 2 heterocycles. The Morgan fingerprint density at radius 1 is 1.53 bits per heavy atom. The Balaban J connectivity index is 2.06. The fourth-order valence-corrected chi connectivity index (χ4v) is 2.10. The van der Waals surface area contributed by atoms with E-state index in [4.69, 9.17) is 0 Å². The molecule has 0 amide bonds. The third-order valence-corrected chi connectivity index (χ3v) is 2.80.